The molecule has 1 atom stereocenters. The van der Waals surface area contributed by atoms with Gasteiger partial charge in [0.05, 0.1) is 5.69 Å². The largest absolute Gasteiger partial charge is 0.380 e. The monoisotopic (exact) mass is 274 g/mol. The Morgan fingerprint density at radius 2 is 1.62 bits per heavy atom. The van der Waals surface area contributed by atoms with E-state index in [0.29, 0.717) is 5.84 Å². The predicted octanol–water partition coefficient (Wildman–Crippen LogP) is 4.03. The van der Waals surface area contributed by atoms with Crippen molar-refractivity contribution in [2.75, 3.05) is 5.32 Å². The summed E-state index contributed by atoms with van der Waals surface area (Å²) >= 11 is 0. The molecule has 0 spiro atoms. The number of nitrogens with one attached hydrogen (secondary N) is 1. The molecule has 102 valence electrons. The molecule has 0 amide bonds. The molecule has 3 aromatic carbocycles. The van der Waals surface area contributed by atoms with E-state index < -0.39 is 6.10 Å². The number of nitrogens with zero attached hydrogens (tertiary/aromatic N) is 1. The van der Waals surface area contributed by atoms with Crippen LogP contribution in [0.15, 0.2) is 71.7 Å². The van der Waals surface area contributed by atoms with E-state index in [1.807, 2.05) is 54.6 Å². The van der Waals surface area contributed by atoms with Crippen LogP contribution >= 0.6 is 0 Å². The third-order valence-electron chi connectivity index (χ3n) is 3.76. The minimum absolute atomic E-state index is 0.562. The first-order chi connectivity index (χ1) is 10.3. The highest BCUT2D eigenvalue weighted by molar-refractivity contribution is 6.14. The number of aliphatic hydroxyl groups is 1. The van der Waals surface area contributed by atoms with Crippen molar-refractivity contribution in [2.24, 2.45) is 4.99 Å². The summed E-state index contributed by atoms with van der Waals surface area (Å²) in [6.45, 7) is 0. The minimum atomic E-state index is -0.755. The summed E-state index contributed by atoms with van der Waals surface area (Å²) in [6.07, 6.45) is -0.755. The average Bonchev–Trinajstić information content (AvgIpc) is 2.55. The SMILES string of the molecule is O[C@H](C1=Nc2cccc3cccc(c23)N1)c1ccccc1. The third-order valence-corrected chi connectivity index (χ3v) is 3.76. The van der Waals surface area contributed by atoms with Gasteiger partial charge in [0, 0.05) is 11.1 Å². The van der Waals surface area contributed by atoms with E-state index in [1.165, 1.54) is 0 Å². The fourth-order valence-corrected chi connectivity index (χ4v) is 2.74. The second-order valence-corrected chi connectivity index (χ2v) is 5.12. The highest BCUT2D eigenvalue weighted by Gasteiger charge is 2.20. The van der Waals surface area contributed by atoms with Gasteiger partial charge in [0.15, 0.2) is 0 Å². The summed E-state index contributed by atoms with van der Waals surface area (Å²) < 4.78 is 0. The number of rotatable bonds is 2. The van der Waals surface area contributed by atoms with E-state index in [1.54, 1.807) is 0 Å². The lowest BCUT2D eigenvalue weighted by atomic mass is 10.0. The first kappa shape index (κ1) is 12.1. The van der Waals surface area contributed by atoms with Crippen molar-refractivity contribution >= 4 is 28.0 Å². The van der Waals surface area contributed by atoms with Crippen molar-refractivity contribution in [1.29, 1.82) is 0 Å². The van der Waals surface area contributed by atoms with E-state index in [-0.39, 0.29) is 0 Å². The van der Waals surface area contributed by atoms with Gasteiger partial charge in [0.25, 0.3) is 0 Å². The molecule has 4 rings (SSSR count). The van der Waals surface area contributed by atoms with E-state index >= 15 is 0 Å². The summed E-state index contributed by atoms with van der Waals surface area (Å²) in [5.74, 6) is 0.562. The smallest absolute Gasteiger partial charge is 0.140 e. The number of benzene rings is 3. The topological polar surface area (TPSA) is 44.6 Å². The lowest BCUT2D eigenvalue weighted by Gasteiger charge is -2.22. The van der Waals surface area contributed by atoms with E-state index in [9.17, 15) is 5.11 Å². The maximum Gasteiger partial charge on any atom is 0.140 e. The second-order valence-electron chi connectivity index (χ2n) is 5.12. The lowest BCUT2D eigenvalue weighted by molar-refractivity contribution is 0.247. The molecule has 2 N–H and O–H groups in total. The Hall–Kier alpha value is -2.65. The summed E-state index contributed by atoms with van der Waals surface area (Å²) in [5, 5.41) is 16.0. The molecular weight excluding hydrogens is 260 g/mol. The molecule has 1 heterocycles. The molecule has 3 aromatic rings. The quantitative estimate of drug-likeness (QED) is 0.741. The Morgan fingerprint density at radius 3 is 2.43 bits per heavy atom. The molecule has 1 aliphatic heterocycles. The molecule has 3 nitrogen and oxygen atoms in total. The highest BCUT2D eigenvalue weighted by atomic mass is 16.3. The van der Waals surface area contributed by atoms with Gasteiger partial charge in [-0.2, -0.15) is 0 Å². The fourth-order valence-electron chi connectivity index (χ4n) is 2.74. The summed E-state index contributed by atoms with van der Waals surface area (Å²) in [4.78, 5) is 4.60. The van der Waals surface area contributed by atoms with E-state index in [4.69, 9.17) is 0 Å². The first-order valence-electron chi connectivity index (χ1n) is 6.93. The number of amidine groups is 1. The molecule has 0 saturated heterocycles. The molecule has 0 unspecified atom stereocenters. The molecule has 0 bridgehead atoms. The van der Waals surface area contributed by atoms with Crippen molar-refractivity contribution in [3.05, 3.63) is 72.3 Å². The first-order valence-corrected chi connectivity index (χ1v) is 6.93. The molecule has 21 heavy (non-hydrogen) atoms. The van der Waals surface area contributed by atoms with Crippen LogP contribution in [0.25, 0.3) is 10.8 Å². The third kappa shape index (κ3) is 1.99. The van der Waals surface area contributed by atoms with Gasteiger partial charge in [0.2, 0.25) is 0 Å². The summed E-state index contributed by atoms with van der Waals surface area (Å²) in [6, 6.07) is 21.7. The van der Waals surface area contributed by atoms with Gasteiger partial charge in [-0.25, -0.2) is 4.99 Å². The van der Waals surface area contributed by atoms with Crippen LogP contribution in [0.5, 0.6) is 0 Å². The number of hydrogen-bond donors (Lipinski definition) is 2. The fraction of sp³-hybridized carbons (Fsp3) is 0.0556. The van der Waals surface area contributed by atoms with Crippen LogP contribution in [0.4, 0.5) is 11.4 Å². The van der Waals surface area contributed by atoms with Crippen LogP contribution in [-0.2, 0) is 0 Å². The maximum atomic E-state index is 10.5. The van der Waals surface area contributed by atoms with Crippen LogP contribution in [-0.4, -0.2) is 10.9 Å². The van der Waals surface area contributed by atoms with E-state index in [0.717, 1.165) is 27.7 Å². The van der Waals surface area contributed by atoms with Gasteiger partial charge in [-0.3, -0.25) is 0 Å². The summed E-state index contributed by atoms with van der Waals surface area (Å²) in [5.41, 5.74) is 2.71. The number of anilines is 1. The van der Waals surface area contributed by atoms with Crippen LogP contribution in [0.3, 0.4) is 0 Å². The average molecular weight is 274 g/mol. The van der Waals surface area contributed by atoms with Gasteiger partial charge in [-0.05, 0) is 23.1 Å². The zero-order valence-corrected chi connectivity index (χ0v) is 11.3. The highest BCUT2D eigenvalue weighted by Crippen LogP contribution is 2.37. The maximum absolute atomic E-state index is 10.5. The molecule has 0 aromatic heterocycles. The van der Waals surface area contributed by atoms with Gasteiger partial charge < -0.3 is 10.4 Å². The Kier molecular flexibility index (Phi) is 2.72. The van der Waals surface area contributed by atoms with Crippen molar-refractivity contribution in [2.45, 2.75) is 6.10 Å². The minimum Gasteiger partial charge on any atom is -0.380 e. The number of aliphatic imine (C=N–C) groups is 1. The van der Waals surface area contributed by atoms with Crippen molar-refractivity contribution in [1.82, 2.24) is 0 Å². The lowest BCUT2D eigenvalue weighted by Crippen LogP contribution is -2.23. The van der Waals surface area contributed by atoms with Crippen LogP contribution < -0.4 is 5.32 Å². The van der Waals surface area contributed by atoms with Gasteiger partial charge in [0.1, 0.15) is 11.9 Å². The Labute approximate surface area is 122 Å². The Morgan fingerprint density at radius 1 is 0.857 bits per heavy atom. The van der Waals surface area contributed by atoms with Crippen molar-refractivity contribution in [3.63, 3.8) is 0 Å². The Balaban J connectivity index is 1.83. The summed E-state index contributed by atoms with van der Waals surface area (Å²) in [7, 11) is 0. The second kappa shape index (κ2) is 4.72. The molecule has 3 heteroatoms. The van der Waals surface area contributed by atoms with Gasteiger partial charge in [-0.1, -0.05) is 54.6 Å². The van der Waals surface area contributed by atoms with Gasteiger partial charge in [-0.15, -0.1) is 0 Å². The predicted molar refractivity (Wildman–Crippen MR) is 86.1 cm³/mol. The van der Waals surface area contributed by atoms with Crippen molar-refractivity contribution in [3.8, 4) is 0 Å². The molecule has 0 aliphatic carbocycles. The molecule has 0 fully saturated rings. The molecule has 1 aliphatic rings. The van der Waals surface area contributed by atoms with Gasteiger partial charge >= 0.3 is 0 Å². The zero-order chi connectivity index (χ0) is 14.2. The van der Waals surface area contributed by atoms with Crippen molar-refractivity contribution < 1.29 is 5.11 Å². The normalized spacial score (nSPS) is 14.4. The Bertz CT molecular complexity index is 835. The van der Waals surface area contributed by atoms with Crippen LogP contribution in [0, 0.1) is 0 Å². The number of aliphatic hydroxyl groups excluding tert-OH is 1. The van der Waals surface area contributed by atoms with E-state index in [2.05, 4.69) is 22.4 Å². The zero-order valence-electron chi connectivity index (χ0n) is 11.3. The number of hydrogen-bond acceptors (Lipinski definition) is 3. The molecular formula is C18H14N2O. The molecule has 0 radical (unpaired) electrons. The van der Waals surface area contributed by atoms with Crippen LogP contribution in [0.2, 0.25) is 0 Å². The van der Waals surface area contributed by atoms with Crippen LogP contribution in [0.1, 0.15) is 11.7 Å². The molecule has 0 saturated carbocycles. The standard InChI is InChI=1S/C18H14N2O/c21-17(13-6-2-1-3-7-13)18-19-14-10-4-8-12-9-5-11-15(20-18)16(12)14/h1-11,17,21H,(H,19,20)/t17-/m0/s1.